The Bertz CT molecular complexity index is 398. The Labute approximate surface area is 88.9 Å². The number of hydrogen-bond acceptors (Lipinski definition) is 2. The highest BCUT2D eigenvalue weighted by Crippen LogP contribution is 2.14. The van der Waals surface area contributed by atoms with Crippen LogP contribution in [0.1, 0.15) is 18.9 Å². The van der Waals surface area contributed by atoms with E-state index >= 15 is 0 Å². The fourth-order valence-electron chi connectivity index (χ4n) is 1.61. The monoisotopic (exact) mass is 204 g/mol. The molecule has 0 fully saturated rings. The van der Waals surface area contributed by atoms with Crippen molar-refractivity contribution in [2.45, 2.75) is 13.3 Å². The van der Waals surface area contributed by atoms with Gasteiger partial charge in [-0.3, -0.25) is 4.84 Å². The Morgan fingerprint density at radius 3 is 3.07 bits per heavy atom. The highest BCUT2D eigenvalue weighted by molar-refractivity contribution is 5.68. The third-order valence-electron chi connectivity index (χ3n) is 2.39. The van der Waals surface area contributed by atoms with E-state index < -0.39 is 0 Å². The van der Waals surface area contributed by atoms with E-state index in [0.29, 0.717) is 13.0 Å². The highest BCUT2D eigenvalue weighted by Gasteiger charge is 2.21. The van der Waals surface area contributed by atoms with Gasteiger partial charge >= 0.3 is 5.97 Å². The van der Waals surface area contributed by atoms with Crippen LogP contribution in [-0.2, 0) is 9.63 Å². The molecular formula is C12H14NO2+. The van der Waals surface area contributed by atoms with E-state index in [4.69, 9.17) is 4.84 Å². The van der Waals surface area contributed by atoms with Crippen molar-refractivity contribution in [2.75, 3.05) is 6.54 Å². The van der Waals surface area contributed by atoms with Crippen molar-refractivity contribution in [3.8, 4) is 0 Å². The summed E-state index contributed by atoms with van der Waals surface area (Å²) in [7, 11) is 0. The largest absolute Gasteiger partial charge is 0.366 e. The fraction of sp³-hybridized carbons (Fsp3) is 0.250. The van der Waals surface area contributed by atoms with Crippen LogP contribution in [0.3, 0.4) is 0 Å². The zero-order valence-electron chi connectivity index (χ0n) is 8.69. The molecule has 3 heteroatoms. The Hall–Kier alpha value is -1.61. The second-order valence-corrected chi connectivity index (χ2v) is 3.44. The molecule has 0 spiro atoms. The molecule has 0 saturated heterocycles. The maximum atomic E-state index is 11.2. The van der Waals surface area contributed by atoms with Crippen molar-refractivity contribution < 1.29 is 14.7 Å². The molecule has 1 unspecified atom stereocenters. The lowest BCUT2D eigenvalue weighted by molar-refractivity contribution is -1.02. The molecule has 2 rings (SSSR count). The van der Waals surface area contributed by atoms with Crippen molar-refractivity contribution in [1.82, 2.24) is 0 Å². The number of quaternary nitrogens is 1. The zero-order chi connectivity index (χ0) is 10.7. The Balaban J connectivity index is 2.22. The molecule has 0 radical (unpaired) electrons. The van der Waals surface area contributed by atoms with E-state index in [-0.39, 0.29) is 5.97 Å². The summed E-state index contributed by atoms with van der Waals surface area (Å²) in [6.45, 7) is 2.50. The molecule has 15 heavy (non-hydrogen) atoms. The average Bonchev–Trinajstić information content (AvgIpc) is 2.29. The minimum atomic E-state index is -0.171. The van der Waals surface area contributed by atoms with E-state index in [0.717, 1.165) is 16.3 Å². The summed E-state index contributed by atoms with van der Waals surface area (Å²) in [4.78, 5) is 16.5. The second kappa shape index (κ2) is 4.28. The van der Waals surface area contributed by atoms with Crippen molar-refractivity contribution >= 4 is 17.7 Å². The molecule has 0 bridgehead atoms. The first-order valence-electron chi connectivity index (χ1n) is 5.13. The third kappa shape index (κ3) is 2.07. The van der Waals surface area contributed by atoms with Crippen LogP contribution in [0.25, 0.3) is 6.08 Å². The quantitative estimate of drug-likeness (QED) is 0.782. The van der Waals surface area contributed by atoms with Gasteiger partial charge in [-0.15, -0.1) is 5.06 Å². The number of benzene rings is 1. The van der Waals surface area contributed by atoms with Crippen LogP contribution in [0.2, 0.25) is 0 Å². The summed E-state index contributed by atoms with van der Waals surface area (Å²) in [5.74, 6) is -0.171. The maximum Gasteiger partial charge on any atom is 0.366 e. The molecule has 1 N–H and O–H groups in total. The standard InChI is InChI=1S/C12H13NO2/c1-2-12(14)15-13-9-5-7-10-6-3-4-8-11(10)13/h3-8H,2,9H2,1H3/p+1. The van der Waals surface area contributed by atoms with Crippen LogP contribution in [0.4, 0.5) is 5.69 Å². The van der Waals surface area contributed by atoms with Crippen LogP contribution >= 0.6 is 0 Å². The fourth-order valence-corrected chi connectivity index (χ4v) is 1.61. The summed E-state index contributed by atoms with van der Waals surface area (Å²) >= 11 is 0. The van der Waals surface area contributed by atoms with Crippen LogP contribution in [-0.4, -0.2) is 12.5 Å². The molecule has 78 valence electrons. The van der Waals surface area contributed by atoms with Crippen molar-refractivity contribution in [1.29, 1.82) is 0 Å². The van der Waals surface area contributed by atoms with Gasteiger partial charge in [-0.05, 0) is 18.2 Å². The first-order valence-corrected chi connectivity index (χ1v) is 5.13. The SMILES string of the molecule is CCC(=O)O[NH+]1CC=Cc2ccccc21. The Morgan fingerprint density at radius 1 is 1.47 bits per heavy atom. The lowest BCUT2D eigenvalue weighted by Crippen LogP contribution is -3.07. The Morgan fingerprint density at radius 2 is 2.27 bits per heavy atom. The molecule has 1 atom stereocenters. The molecule has 1 aromatic carbocycles. The highest BCUT2D eigenvalue weighted by atomic mass is 16.7. The molecular weight excluding hydrogens is 190 g/mol. The van der Waals surface area contributed by atoms with Gasteiger partial charge in [0, 0.05) is 18.1 Å². The van der Waals surface area contributed by atoms with Gasteiger partial charge < -0.3 is 0 Å². The van der Waals surface area contributed by atoms with Gasteiger partial charge in [0.1, 0.15) is 6.54 Å². The molecule has 1 heterocycles. The summed E-state index contributed by atoms with van der Waals surface area (Å²) < 4.78 is 0. The lowest BCUT2D eigenvalue weighted by Gasteiger charge is -2.19. The molecule has 1 aromatic rings. The average molecular weight is 204 g/mol. The molecule has 0 amide bonds. The van der Waals surface area contributed by atoms with Gasteiger partial charge in [-0.1, -0.05) is 19.1 Å². The van der Waals surface area contributed by atoms with Gasteiger partial charge in [0.2, 0.25) is 0 Å². The predicted molar refractivity (Wildman–Crippen MR) is 57.3 cm³/mol. The summed E-state index contributed by atoms with van der Waals surface area (Å²) in [5, 5.41) is 0.764. The number of fused-ring (bicyclic) bond motifs is 1. The molecule has 0 aliphatic carbocycles. The van der Waals surface area contributed by atoms with E-state index in [9.17, 15) is 4.79 Å². The van der Waals surface area contributed by atoms with E-state index in [1.54, 1.807) is 6.92 Å². The van der Waals surface area contributed by atoms with Crippen LogP contribution in [0.5, 0.6) is 0 Å². The minimum Gasteiger partial charge on any atom is -0.273 e. The van der Waals surface area contributed by atoms with Gasteiger partial charge in [-0.25, -0.2) is 4.79 Å². The van der Waals surface area contributed by atoms with E-state index in [1.807, 2.05) is 30.3 Å². The third-order valence-corrected chi connectivity index (χ3v) is 2.39. The van der Waals surface area contributed by atoms with Gasteiger partial charge in [0.25, 0.3) is 0 Å². The number of carbonyl (C=O) groups excluding carboxylic acids is 1. The predicted octanol–water partition coefficient (Wildman–Crippen LogP) is 1.10. The smallest absolute Gasteiger partial charge is 0.273 e. The number of rotatable bonds is 2. The number of nitrogens with one attached hydrogen (secondary N) is 1. The van der Waals surface area contributed by atoms with Crippen LogP contribution in [0, 0.1) is 0 Å². The number of para-hydroxylation sites is 1. The molecule has 1 aliphatic heterocycles. The van der Waals surface area contributed by atoms with Crippen molar-refractivity contribution in [2.24, 2.45) is 0 Å². The number of hydrogen-bond donors (Lipinski definition) is 1. The maximum absolute atomic E-state index is 11.2. The first kappa shape index (κ1) is 9.93. The van der Waals surface area contributed by atoms with Gasteiger partial charge in [0.15, 0.2) is 5.69 Å². The van der Waals surface area contributed by atoms with E-state index in [1.165, 1.54) is 0 Å². The molecule has 0 aromatic heterocycles. The summed E-state index contributed by atoms with van der Waals surface area (Å²) in [6.07, 6.45) is 4.48. The molecule has 1 aliphatic rings. The topological polar surface area (TPSA) is 30.7 Å². The Kier molecular flexibility index (Phi) is 2.83. The van der Waals surface area contributed by atoms with Crippen LogP contribution in [0.15, 0.2) is 30.3 Å². The zero-order valence-corrected chi connectivity index (χ0v) is 8.69. The van der Waals surface area contributed by atoms with E-state index in [2.05, 4.69) is 6.08 Å². The van der Waals surface area contributed by atoms with Crippen molar-refractivity contribution in [3.63, 3.8) is 0 Å². The van der Waals surface area contributed by atoms with Crippen molar-refractivity contribution in [3.05, 3.63) is 35.9 Å². The first-order chi connectivity index (χ1) is 7.31. The normalized spacial score (nSPS) is 18.3. The molecule has 0 saturated carbocycles. The number of hydroxylamine groups is 1. The summed E-state index contributed by atoms with van der Waals surface area (Å²) in [5.41, 5.74) is 2.14. The van der Waals surface area contributed by atoms with Gasteiger partial charge in [-0.2, -0.15) is 0 Å². The van der Waals surface area contributed by atoms with Gasteiger partial charge in [0.05, 0.1) is 0 Å². The lowest BCUT2D eigenvalue weighted by atomic mass is 10.1. The molecule has 3 nitrogen and oxygen atoms in total. The summed E-state index contributed by atoms with van der Waals surface area (Å²) in [6, 6.07) is 7.94. The number of carbonyl (C=O) groups is 1. The van der Waals surface area contributed by atoms with Crippen LogP contribution < -0.4 is 5.06 Å². The second-order valence-electron chi connectivity index (χ2n) is 3.44. The minimum absolute atomic E-state index is 0.171.